The number of carbonyl (C=O) groups excluding carboxylic acids is 1. The van der Waals surface area contributed by atoms with Gasteiger partial charge in [-0.1, -0.05) is 25.3 Å². The highest BCUT2D eigenvalue weighted by atomic mass is 32.1. The molecule has 0 radical (unpaired) electrons. The monoisotopic (exact) mass is 280 g/mol. The van der Waals surface area contributed by atoms with E-state index in [1.807, 2.05) is 0 Å². The minimum atomic E-state index is -0.248. The highest BCUT2D eigenvalue weighted by Crippen LogP contribution is 2.66. The van der Waals surface area contributed by atoms with Gasteiger partial charge in [-0.15, -0.1) is 5.10 Å². The number of carbonyl (C=O) groups is 1. The van der Waals surface area contributed by atoms with E-state index in [9.17, 15) is 4.79 Å². The standard InChI is InChI=1S/C14H20N2O2S/c1-8-11(19-16-15-8)12(17)18-10-7-9-5-6-14(10,4)13(9,2)3/h9-10H,5-7H2,1-4H3. The van der Waals surface area contributed by atoms with Crippen molar-refractivity contribution in [3.8, 4) is 0 Å². The lowest BCUT2D eigenvalue weighted by Gasteiger charge is -2.38. The first-order valence-corrected chi connectivity index (χ1v) is 7.63. The summed E-state index contributed by atoms with van der Waals surface area (Å²) < 4.78 is 9.60. The molecule has 0 spiro atoms. The Hall–Kier alpha value is -0.970. The fourth-order valence-corrected chi connectivity index (χ4v) is 4.45. The summed E-state index contributed by atoms with van der Waals surface area (Å²) in [4.78, 5) is 12.8. The van der Waals surface area contributed by atoms with E-state index in [-0.39, 0.29) is 22.9 Å². The zero-order valence-electron chi connectivity index (χ0n) is 11.9. The lowest BCUT2D eigenvalue weighted by atomic mass is 9.70. The smallest absolute Gasteiger partial charge is 0.352 e. The molecule has 0 amide bonds. The fourth-order valence-electron chi connectivity index (χ4n) is 3.91. The van der Waals surface area contributed by atoms with Gasteiger partial charge in [-0.3, -0.25) is 0 Å². The van der Waals surface area contributed by atoms with Gasteiger partial charge in [-0.2, -0.15) is 0 Å². The summed E-state index contributed by atoms with van der Waals surface area (Å²) in [6, 6.07) is 0. The Morgan fingerprint density at radius 3 is 2.63 bits per heavy atom. The molecule has 3 rings (SSSR count). The highest BCUT2D eigenvalue weighted by molar-refractivity contribution is 7.07. The van der Waals surface area contributed by atoms with E-state index >= 15 is 0 Å². The molecule has 0 saturated heterocycles. The second kappa shape index (κ2) is 4.01. The van der Waals surface area contributed by atoms with E-state index in [0.29, 0.717) is 16.5 Å². The third kappa shape index (κ3) is 1.67. The molecule has 104 valence electrons. The van der Waals surface area contributed by atoms with Crippen LogP contribution in [0.3, 0.4) is 0 Å². The molecule has 1 aromatic rings. The summed E-state index contributed by atoms with van der Waals surface area (Å²) in [7, 11) is 0. The molecule has 1 aromatic heterocycles. The third-order valence-corrected chi connectivity index (χ3v) is 6.61. The van der Waals surface area contributed by atoms with Crippen LogP contribution < -0.4 is 0 Å². The molecule has 0 aromatic carbocycles. The summed E-state index contributed by atoms with van der Waals surface area (Å²) in [5, 5.41) is 3.87. The summed E-state index contributed by atoms with van der Waals surface area (Å²) in [6.45, 7) is 8.71. The Morgan fingerprint density at radius 2 is 2.16 bits per heavy atom. The minimum Gasteiger partial charge on any atom is -0.457 e. The van der Waals surface area contributed by atoms with Crippen molar-refractivity contribution >= 4 is 17.5 Å². The van der Waals surface area contributed by atoms with Gasteiger partial charge in [0.25, 0.3) is 0 Å². The average Bonchev–Trinajstić information content (AvgIpc) is 2.90. The van der Waals surface area contributed by atoms with Gasteiger partial charge >= 0.3 is 5.97 Å². The lowest BCUT2D eigenvalue weighted by molar-refractivity contribution is -0.0239. The number of aromatic nitrogens is 2. The number of ether oxygens (including phenoxy) is 1. The maximum atomic E-state index is 12.2. The van der Waals surface area contributed by atoms with Crippen molar-refractivity contribution in [1.82, 2.24) is 9.59 Å². The molecular formula is C14H20N2O2S. The molecule has 0 N–H and O–H groups in total. The van der Waals surface area contributed by atoms with Gasteiger partial charge in [-0.25, -0.2) is 4.79 Å². The van der Waals surface area contributed by atoms with Crippen molar-refractivity contribution in [2.75, 3.05) is 0 Å². The molecule has 4 nitrogen and oxygen atoms in total. The zero-order chi connectivity index (χ0) is 13.8. The topological polar surface area (TPSA) is 52.1 Å². The zero-order valence-corrected chi connectivity index (χ0v) is 12.7. The Bertz CT molecular complexity index is 525. The highest BCUT2D eigenvalue weighted by Gasteiger charge is 2.62. The number of esters is 1. The quantitative estimate of drug-likeness (QED) is 0.781. The van der Waals surface area contributed by atoms with E-state index < -0.39 is 0 Å². The molecule has 2 fully saturated rings. The fraction of sp³-hybridized carbons (Fsp3) is 0.786. The molecule has 5 heteroatoms. The van der Waals surface area contributed by atoms with Crippen LogP contribution in [0.4, 0.5) is 0 Å². The SMILES string of the molecule is Cc1nnsc1C(=O)OC1CC2CCC1(C)C2(C)C. The van der Waals surface area contributed by atoms with Gasteiger partial charge in [0.05, 0.1) is 5.69 Å². The molecule has 19 heavy (non-hydrogen) atoms. The normalized spacial score (nSPS) is 35.6. The molecule has 3 atom stereocenters. The number of rotatable bonds is 2. The molecule has 2 aliphatic rings. The van der Waals surface area contributed by atoms with Crippen LogP contribution in [0.1, 0.15) is 55.4 Å². The Balaban J connectivity index is 1.79. The second-order valence-electron chi connectivity index (χ2n) is 6.69. The van der Waals surface area contributed by atoms with Crippen molar-refractivity contribution < 1.29 is 9.53 Å². The van der Waals surface area contributed by atoms with Gasteiger partial charge in [-0.05, 0) is 49.1 Å². The van der Waals surface area contributed by atoms with Crippen LogP contribution in [0.5, 0.6) is 0 Å². The Labute approximate surface area is 117 Å². The number of hydrogen-bond acceptors (Lipinski definition) is 5. The predicted octanol–water partition coefficient (Wildman–Crippen LogP) is 3.22. The molecule has 2 aliphatic carbocycles. The Morgan fingerprint density at radius 1 is 1.42 bits per heavy atom. The van der Waals surface area contributed by atoms with Crippen LogP contribution in [0.15, 0.2) is 0 Å². The van der Waals surface area contributed by atoms with Crippen LogP contribution >= 0.6 is 11.5 Å². The minimum absolute atomic E-state index is 0.0373. The van der Waals surface area contributed by atoms with E-state index in [2.05, 4.69) is 30.4 Å². The average molecular weight is 280 g/mol. The number of fused-ring (bicyclic) bond motifs is 2. The Kier molecular flexibility index (Phi) is 2.75. The van der Waals surface area contributed by atoms with Crippen molar-refractivity contribution in [3.05, 3.63) is 10.6 Å². The van der Waals surface area contributed by atoms with E-state index in [4.69, 9.17) is 4.74 Å². The maximum Gasteiger partial charge on any atom is 0.352 e. The van der Waals surface area contributed by atoms with Crippen LogP contribution in [-0.4, -0.2) is 21.7 Å². The van der Waals surface area contributed by atoms with Gasteiger partial charge in [0.15, 0.2) is 4.88 Å². The van der Waals surface area contributed by atoms with Crippen LogP contribution in [0, 0.1) is 23.7 Å². The molecule has 0 aliphatic heterocycles. The number of hydrogen-bond donors (Lipinski definition) is 0. The van der Waals surface area contributed by atoms with Gasteiger partial charge in [0, 0.05) is 5.41 Å². The molecule has 1 heterocycles. The molecular weight excluding hydrogens is 260 g/mol. The van der Waals surface area contributed by atoms with Crippen molar-refractivity contribution in [2.45, 2.75) is 53.1 Å². The first-order chi connectivity index (χ1) is 8.86. The molecule has 2 saturated carbocycles. The third-order valence-electron chi connectivity index (χ3n) is 5.80. The largest absolute Gasteiger partial charge is 0.457 e. The first kappa shape index (κ1) is 13.0. The second-order valence-corrected chi connectivity index (χ2v) is 7.45. The number of nitrogens with zero attached hydrogens (tertiary/aromatic N) is 2. The summed E-state index contributed by atoms with van der Waals surface area (Å²) in [6.07, 6.45) is 3.46. The van der Waals surface area contributed by atoms with Gasteiger partial charge in [0.1, 0.15) is 6.10 Å². The first-order valence-electron chi connectivity index (χ1n) is 6.86. The van der Waals surface area contributed by atoms with Crippen molar-refractivity contribution in [2.24, 2.45) is 16.7 Å². The van der Waals surface area contributed by atoms with Crippen LogP contribution in [0.25, 0.3) is 0 Å². The van der Waals surface area contributed by atoms with Gasteiger partial charge in [0.2, 0.25) is 0 Å². The molecule has 3 unspecified atom stereocenters. The van der Waals surface area contributed by atoms with E-state index in [1.54, 1.807) is 6.92 Å². The van der Waals surface area contributed by atoms with E-state index in [0.717, 1.165) is 24.4 Å². The molecule has 2 bridgehead atoms. The maximum absolute atomic E-state index is 12.2. The summed E-state index contributed by atoms with van der Waals surface area (Å²) in [5.74, 6) is 0.429. The summed E-state index contributed by atoms with van der Waals surface area (Å²) in [5.41, 5.74) is 1.04. The predicted molar refractivity (Wildman–Crippen MR) is 73.1 cm³/mol. The lowest BCUT2D eigenvalue weighted by Crippen LogP contribution is -2.38. The van der Waals surface area contributed by atoms with Crippen molar-refractivity contribution in [3.63, 3.8) is 0 Å². The van der Waals surface area contributed by atoms with Gasteiger partial charge < -0.3 is 4.74 Å². The number of aryl methyl sites for hydroxylation is 1. The summed E-state index contributed by atoms with van der Waals surface area (Å²) >= 11 is 1.12. The van der Waals surface area contributed by atoms with Crippen molar-refractivity contribution in [1.29, 1.82) is 0 Å². The van der Waals surface area contributed by atoms with Crippen LogP contribution in [-0.2, 0) is 4.74 Å². The van der Waals surface area contributed by atoms with E-state index in [1.165, 1.54) is 6.42 Å². The van der Waals surface area contributed by atoms with Crippen LogP contribution in [0.2, 0.25) is 0 Å².